The molecule has 18 heavy (non-hydrogen) atoms. The molecule has 1 aromatic carbocycles. The highest BCUT2D eigenvalue weighted by molar-refractivity contribution is 5.71. The highest BCUT2D eigenvalue weighted by Gasteiger charge is 2.04. The lowest BCUT2D eigenvalue weighted by atomic mass is 10.1. The number of hydrogen-bond donors (Lipinski definition) is 1. The van der Waals surface area contributed by atoms with Crippen molar-refractivity contribution in [2.45, 2.75) is 6.42 Å². The van der Waals surface area contributed by atoms with Crippen LogP contribution >= 0.6 is 0 Å². The van der Waals surface area contributed by atoms with Crippen LogP contribution in [-0.4, -0.2) is 23.2 Å². The summed E-state index contributed by atoms with van der Waals surface area (Å²) in [7, 11) is 1.60. The van der Waals surface area contributed by atoms with Gasteiger partial charge < -0.3 is 9.84 Å². The summed E-state index contributed by atoms with van der Waals surface area (Å²) < 4.78 is 5.14. The molecule has 0 saturated carbocycles. The van der Waals surface area contributed by atoms with Crippen LogP contribution in [0.5, 0.6) is 5.75 Å². The first-order chi connectivity index (χ1) is 8.69. The molecule has 0 aliphatic carbocycles. The van der Waals surface area contributed by atoms with Crippen molar-refractivity contribution in [3.05, 3.63) is 48.2 Å². The molecule has 0 fully saturated rings. The predicted octanol–water partition coefficient (Wildman–Crippen LogP) is 2.38. The first-order valence-electron chi connectivity index (χ1n) is 5.50. The minimum Gasteiger partial charge on any atom is -0.497 e. The number of pyridine rings is 1. The van der Waals surface area contributed by atoms with Gasteiger partial charge in [-0.15, -0.1) is 0 Å². The monoisotopic (exact) mass is 243 g/mol. The second-order valence-electron chi connectivity index (χ2n) is 3.85. The average Bonchev–Trinajstić information content (AvgIpc) is 2.38. The van der Waals surface area contributed by atoms with E-state index in [-0.39, 0.29) is 6.42 Å². The van der Waals surface area contributed by atoms with Gasteiger partial charge in [-0.1, -0.05) is 18.2 Å². The maximum Gasteiger partial charge on any atom is 0.307 e. The van der Waals surface area contributed by atoms with Gasteiger partial charge in [0.1, 0.15) is 5.75 Å². The third-order valence-electron chi connectivity index (χ3n) is 2.55. The number of carboxylic acids is 1. The summed E-state index contributed by atoms with van der Waals surface area (Å²) in [5.41, 5.74) is 2.40. The van der Waals surface area contributed by atoms with E-state index < -0.39 is 5.97 Å². The molecule has 2 rings (SSSR count). The molecule has 1 N–H and O–H groups in total. The molecule has 1 heterocycles. The normalized spacial score (nSPS) is 10.1. The zero-order chi connectivity index (χ0) is 13.0. The van der Waals surface area contributed by atoms with Gasteiger partial charge in [0.15, 0.2) is 0 Å². The molecule has 0 unspecified atom stereocenters. The first-order valence-corrected chi connectivity index (χ1v) is 5.50. The molecule has 0 amide bonds. The smallest absolute Gasteiger partial charge is 0.307 e. The van der Waals surface area contributed by atoms with Crippen LogP contribution in [0.3, 0.4) is 0 Å². The largest absolute Gasteiger partial charge is 0.497 e. The molecule has 92 valence electrons. The zero-order valence-corrected chi connectivity index (χ0v) is 9.96. The van der Waals surface area contributed by atoms with Gasteiger partial charge in [0, 0.05) is 17.8 Å². The SMILES string of the molecule is COc1ccnc(-c2cccc(CC(=O)O)c2)c1. The molecule has 0 radical (unpaired) electrons. The Kier molecular flexibility index (Phi) is 3.57. The highest BCUT2D eigenvalue weighted by Crippen LogP contribution is 2.22. The summed E-state index contributed by atoms with van der Waals surface area (Å²) in [6.07, 6.45) is 1.68. The van der Waals surface area contributed by atoms with Crippen molar-refractivity contribution in [3.63, 3.8) is 0 Å². The fourth-order valence-electron chi connectivity index (χ4n) is 1.71. The van der Waals surface area contributed by atoms with Crippen LogP contribution in [0, 0.1) is 0 Å². The van der Waals surface area contributed by atoms with Crippen LogP contribution in [0.4, 0.5) is 0 Å². The van der Waals surface area contributed by atoms with Gasteiger partial charge in [-0.05, 0) is 17.7 Å². The lowest BCUT2D eigenvalue weighted by molar-refractivity contribution is -0.136. The van der Waals surface area contributed by atoms with E-state index in [1.807, 2.05) is 24.3 Å². The van der Waals surface area contributed by atoms with E-state index >= 15 is 0 Å². The molecule has 1 aromatic heterocycles. The first kappa shape index (κ1) is 12.1. The van der Waals surface area contributed by atoms with E-state index in [2.05, 4.69) is 4.98 Å². The van der Waals surface area contributed by atoms with E-state index in [0.29, 0.717) is 0 Å². The van der Waals surface area contributed by atoms with Gasteiger partial charge in [-0.2, -0.15) is 0 Å². The van der Waals surface area contributed by atoms with Crippen LogP contribution in [0.1, 0.15) is 5.56 Å². The maximum atomic E-state index is 10.7. The predicted molar refractivity (Wildman–Crippen MR) is 67.6 cm³/mol. The topological polar surface area (TPSA) is 59.4 Å². The van der Waals surface area contributed by atoms with Crippen LogP contribution < -0.4 is 4.74 Å². The van der Waals surface area contributed by atoms with Crippen LogP contribution in [0.15, 0.2) is 42.6 Å². The van der Waals surface area contributed by atoms with Crippen LogP contribution in [-0.2, 0) is 11.2 Å². The van der Waals surface area contributed by atoms with E-state index in [1.165, 1.54) is 0 Å². The van der Waals surface area contributed by atoms with E-state index in [0.717, 1.165) is 22.6 Å². The molecule has 4 nitrogen and oxygen atoms in total. The molecule has 0 saturated heterocycles. The fraction of sp³-hybridized carbons (Fsp3) is 0.143. The minimum absolute atomic E-state index is 0.0117. The summed E-state index contributed by atoms with van der Waals surface area (Å²) in [6, 6.07) is 10.9. The number of carbonyl (C=O) groups is 1. The number of rotatable bonds is 4. The van der Waals surface area contributed by atoms with E-state index in [1.54, 1.807) is 25.4 Å². The van der Waals surface area contributed by atoms with Gasteiger partial charge in [-0.25, -0.2) is 0 Å². The number of methoxy groups -OCH3 is 1. The molecule has 0 spiro atoms. The summed E-state index contributed by atoms with van der Waals surface area (Å²) in [6.45, 7) is 0. The number of benzene rings is 1. The Morgan fingerprint density at radius 2 is 2.17 bits per heavy atom. The van der Waals surface area contributed by atoms with E-state index in [9.17, 15) is 4.79 Å². The fourth-order valence-corrected chi connectivity index (χ4v) is 1.71. The van der Waals surface area contributed by atoms with Gasteiger partial charge in [0.05, 0.1) is 19.2 Å². The van der Waals surface area contributed by atoms with Crippen molar-refractivity contribution >= 4 is 5.97 Å². The van der Waals surface area contributed by atoms with Crippen molar-refractivity contribution < 1.29 is 14.6 Å². The Morgan fingerprint density at radius 3 is 2.89 bits per heavy atom. The third kappa shape index (κ3) is 2.85. The van der Waals surface area contributed by atoms with Gasteiger partial charge in [0.25, 0.3) is 0 Å². The molecule has 2 aromatic rings. The van der Waals surface area contributed by atoms with Crippen molar-refractivity contribution in [2.75, 3.05) is 7.11 Å². The maximum absolute atomic E-state index is 10.7. The number of aliphatic carboxylic acids is 1. The van der Waals surface area contributed by atoms with Crippen LogP contribution in [0.2, 0.25) is 0 Å². The van der Waals surface area contributed by atoms with Crippen LogP contribution in [0.25, 0.3) is 11.3 Å². The van der Waals surface area contributed by atoms with Gasteiger partial charge in [-0.3, -0.25) is 9.78 Å². The minimum atomic E-state index is -0.842. The zero-order valence-electron chi connectivity index (χ0n) is 9.96. The molecule has 0 aliphatic rings. The number of nitrogens with zero attached hydrogens (tertiary/aromatic N) is 1. The molecule has 0 bridgehead atoms. The van der Waals surface area contributed by atoms with Crippen molar-refractivity contribution in [1.29, 1.82) is 0 Å². The Labute approximate surface area is 105 Å². The lowest BCUT2D eigenvalue weighted by Gasteiger charge is -2.05. The highest BCUT2D eigenvalue weighted by atomic mass is 16.5. The Morgan fingerprint density at radius 1 is 1.33 bits per heavy atom. The lowest BCUT2D eigenvalue weighted by Crippen LogP contribution is -1.99. The van der Waals surface area contributed by atoms with E-state index in [4.69, 9.17) is 9.84 Å². The van der Waals surface area contributed by atoms with Gasteiger partial charge >= 0.3 is 5.97 Å². The summed E-state index contributed by atoms with van der Waals surface area (Å²) in [5, 5.41) is 8.77. The van der Waals surface area contributed by atoms with Crippen molar-refractivity contribution in [2.24, 2.45) is 0 Å². The summed E-state index contributed by atoms with van der Waals surface area (Å²) >= 11 is 0. The standard InChI is InChI=1S/C14H13NO3/c1-18-12-5-6-15-13(9-12)11-4-2-3-10(7-11)8-14(16)17/h2-7,9H,8H2,1H3,(H,16,17). The molecule has 0 atom stereocenters. The number of aromatic nitrogens is 1. The number of ether oxygens (including phenoxy) is 1. The number of carboxylic acid groups (broad SMARTS) is 1. The Hall–Kier alpha value is -2.36. The molecular formula is C14H13NO3. The Balaban J connectivity index is 2.34. The van der Waals surface area contributed by atoms with Gasteiger partial charge in [0.2, 0.25) is 0 Å². The number of hydrogen-bond acceptors (Lipinski definition) is 3. The van der Waals surface area contributed by atoms with Crippen molar-refractivity contribution in [3.8, 4) is 17.0 Å². The quantitative estimate of drug-likeness (QED) is 0.895. The third-order valence-corrected chi connectivity index (χ3v) is 2.55. The second kappa shape index (κ2) is 5.31. The van der Waals surface area contributed by atoms with Crippen molar-refractivity contribution in [1.82, 2.24) is 4.98 Å². The average molecular weight is 243 g/mol. The molecular weight excluding hydrogens is 230 g/mol. The molecule has 0 aliphatic heterocycles. The molecule has 4 heteroatoms. The second-order valence-corrected chi connectivity index (χ2v) is 3.85. The summed E-state index contributed by atoms with van der Waals surface area (Å²) in [5.74, 6) is -0.116. The summed E-state index contributed by atoms with van der Waals surface area (Å²) in [4.78, 5) is 14.9. The Bertz CT molecular complexity index is 566.